The van der Waals surface area contributed by atoms with E-state index in [-0.39, 0.29) is 41.4 Å². The summed E-state index contributed by atoms with van der Waals surface area (Å²) in [6.45, 7) is 0.625. The molecule has 0 bridgehead atoms. The lowest BCUT2D eigenvalue weighted by Gasteiger charge is -2.33. The lowest BCUT2D eigenvalue weighted by molar-refractivity contribution is -0.124. The standard InChI is InChI=1S/C31H29N3O6/c32-29(37)23-14-16-33(17-15-23)26-18-28(36)34(30(26)38)25-12-10-24(11-13-25)31(39)40-19-27(35)22-8-6-21(7-9-22)20-4-2-1-3-5-20/h1-13,23,26H,14-19H2,(H2,32,37). The van der Waals surface area contributed by atoms with Crippen LogP contribution in [0.25, 0.3) is 11.1 Å². The molecule has 0 saturated carbocycles. The minimum Gasteiger partial charge on any atom is -0.454 e. The number of hydrogen-bond acceptors (Lipinski definition) is 7. The number of nitrogens with zero attached hydrogens (tertiary/aromatic N) is 2. The fraction of sp³-hybridized carbons (Fsp3) is 0.258. The van der Waals surface area contributed by atoms with Gasteiger partial charge in [0.1, 0.15) is 0 Å². The van der Waals surface area contributed by atoms with Gasteiger partial charge in [-0.2, -0.15) is 0 Å². The molecule has 2 fully saturated rings. The van der Waals surface area contributed by atoms with E-state index in [0.717, 1.165) is 16.0 Å². The molecular formula is C31H29N3O6. The topological polar surface area (TPSA) is 127 Å². The van der Waals surface area contributed by atoms with Crippen molar-refractivity contribution in [1.29, 1.82) is 0 Å². The first-order chi connectivity index (χ1) is 19.3. The van der Waals surface area contributed by atoms with Gasteiger partial charge in [0.05, 0.1) is 23.7 Å². The van der Waals surface area contributed by atoms with E-state index in [9.17, 15) is 24.0 Å². The number of imide groups is 1. The van der Waals surface area contributed by atoms with Gasteiger partial charge in [-0.15, -0.1) is 0 Å². The Balaban J connectivity index is 1.16. The van der Waals surface area contributed by atoms with Gasteiger partial charge in [-0.25, -0.2) is 9.69 Å². The quantitative estimate of drug-likeness (QED) is 0.265. The number of rotatable bonds is 8. The average molecular weight is 540 g/mol. The summed E-state index contributed by atoms with van der Waals surface area (Å²) >= 11 is 0. The van der Waals surface area contributed by atoms with Crippen LogP contribution in [-0.4, -0.2) is 60.1 Å². The van der Waals surface area contributed by atoms with Crippen LogP contribution in [0.4, 0.5) is 5.69 Å². The molecule has 3 amide bonds. The number of anilines is 1. The fourth-order valence-electron chi connectivity index (χ4n) is 5.19. The van der Waals surface area contributed by atoms with Crippen molar-refractivity contribution >= 4 is 35.2 Å². The van der Waals surface area contributed by atoms with E-state index >= 15 is 0 Å². The number of piperidine rings is 1. The van der Waals surface area contributed by atoms with Crippen molar-refractivity contribution in [3.8, 4) is 11.1 Å². The second-order valence-electron chi connectivity index (χ2n) is 9.99. The number of benzene rings is 3. The highest BCUT2D eigenvalue weighted by atomic mass is 16.5. The van der Waals surface area contributed by atoms with Crippen molar-refractivity contribution < 1.29 is 28.7 Å². The summed E-state index contributed by atoms with van der Waals surface area (Å²) < 4.78 is 5.21. The number of likely N-dealkylation sites (tertiary alicyclic amines) is 1. The molecule has 0 spiro atoms. The highest BCUT2D eigenvalue weighted by Gasteiger charge is 2.43. The molecule has 2 aliphatic heterocycles. The van der Waals surface area contributed by atoms with Crippen LogP contribution in [0, 0.1) is 5.92 Å². The summed E-state index contributed by atoms with van der Waals surface area (Å²) in [6, 6.07) is 22.2. The maximum atomic E-state index is 13.1. The third kappa shape index (κ3) is 5.69. The Kier molecular flexibility index (Phi) is 7.84. The molecule has 0 aliphatic carbocycles. The molecule has 9 nitrogen and oxygen atoms in total. The SMILES string of the molecule is NC(=O)C1CCN(C2CC(=O)N(c3ccc(C(=O)OCC(=O)c4ccc(-c5ccccc5)cc4)cc3)C2=O)CC1. The summed E-state index contributed by atoms with van der Waals surface area (Å²) in [7, 11) is 0. The second kappa shape index (κ2) is 11.6. The zero-order valence-electron chi connectivity index (χ0n) is 21.8. The van der Waals surface area contributed by atoms with Gasteiger partial charge in [-0.05, 0) is 61.3 Å². The summed E-state index contributed by atoms with van der Waals surface area (Å²) in [5.41, 5.74) is 8.39. The molecule has 2 heterocycles. The molecule has 2 saturated heterocycles. The summed E-state index contributed by atoms with van der Waals surface area (Å²) in [5.74, 6) is -2.22. The number of carbonyl (C=O) groups excluding carboxylic acids is 5. The van der Waals surface area contributed by atoms with Gasteiger partial charge in [-0.1, -0.05) is 54.6 Å². The van der Waals surface area contributed by atoms with Gasteiger partial charge in [0.25, 0.3) is 5.91 Å². The van der Waals surface area contributed by atoms with E-state index < -0.39 is 18.6 Å². The third-order valence-corrected chi connectivity index (χ3v) is 7.51. The molecule has 1 unspecified atom stereocenters. The molecule has 2 aliphatic rings. The molecule has 1 atom stereocenters. The monoisotopic (exact) mass is 539 g/mol. The van der Waals surface area contributed by atoms with E-state index in [4.69, 9.17) is 10.5 Å². The number of amides is 3. The largest absolute Gasteiger partial charge is 0.454 e. The summed E-state index contributed by atoms with van der Waals surface area (Å²) in [6.07, 6.45) is 1.18. The second-order valence-corrected chi connectivity index (χ2v) is 9.99. The highest BCUT2D eigenvalue weighted by molar-refractivity contribution is 6.22. The lowest BCUT2D eigenvalue weighted by Crippen LogP contribution is -2.47. The van der Waals surface area contributed by atoms with Crippen molar-refractivity contribution in [3.05, 3.63) is 90.0 Å². The van der Waals surface area contributed by atoms with Gasteiger partial charge < -0.3 is 10.5 Å². The van der Waals surface area contributed by atoms with E-state index in [1.165, 1.54) is 24.3 Å². The Bertz CT molecular complexity index is 1430. The molecule has 3 aromatic rings. The van der Waals surface area contributed by atoms with Gasteiger partial charge in [0.15, 0.2) is 12.4 Å². The molecule has 2 N–H and O–H groups in total. The van der Waals surface area contributed by atoms with Crippen LogP contribution in [0.1, 0.15) is 40.0 Å². The Morgan fingerprint density at radius 3 is 2.02 bits per heavy atom. The van der Waals surface area contributed by atoms with Crippen LogP contribution in [0.5, 0.6) is 0 Å². The van der Waals surface area contributed by atoms with Crippen LogP contribution < -0.4 is 10.6 Å². The molecule has 3 aromatic carbocycles. The van der Waals surface area contributed by atoms with Crippen molar-refractivity contribution in [2.45, 2.75) is 25.3 Å². The van der Waals surface area contributed by atoms with Crippen LogP contribution in [-0.2, 0) is 19.1 Å². The number of ketones is 1. The normalized spacial score (nSPS) is 18.1. The van der Waals surface area contributed by atoms with Gasteiger partial charge >= 0.3 is 5.97 Å². The Morgan fingerprint density at radius 2 is 1.40 bits per heavy atom. The molecule has 9 heteroatoms. The number of nitrogens with two attached hydrogens (primary N) is 1. The van der Waals surface area contributed by atoms with Crippen LogP contribution in [0.15, 0.2) is 78.9 Å². The maximum Gasteiger partial charge on any atom is 0.338 e. The minimum absolute atomic E-state index is 0.0539. The Morgan fingerprint density at radius 1 is 0.800 bits per heavy atom. The summed E-state index contributed by atoms with van der Waals surface area (Å²) in [4.78, 5) is 65.4. The zero-order chi connectivity index (χ0) is 28.2. The third-order valence-electron chi connectivity index (χ3n) is 7.51. The molecular weight excluding hydrogens is 510 g/mol. The highest BCUT2D eigenvalue weighted by Crippen LogP contribution is 2.29. The van der Waals surface area contributed by atoms with Crippen LogP contribution >= 0.6 is 0 Å². The number of primary amides is 1. The van der Waals surface area contributed by atoms with Crippen molar-refractivity contribution in [2.24, 2.45) is 11.7 Å². The molecule has 40 heavy (non-hydrogen) atoms. The molecule has 0 radical (unpaired) electrons. The summed E-state index contributed by atoms with van der Waals surface area (Å²) in [5, 5.41) is 0. The lowest BCUT2D eigenvalue weighted by atomic mass is 9.95. The number of hydrogen-bond donors (Lipinski definition) is 1. The van der Waals surface area contributed by atoms with Crippen molar-refractivity contribution in [3.63, 3.8) is 0 Å². The number of ether oxygens (including phenoxy) is 1. The first-order valence-corrected chi connectivity index (χ1v) is 13.2. The van der Waals surface area contributed by atoms with E-state index in [0.29, 0.717) is 37.2 Å². The average Bonchev–Trinajstić information content (AvgIpc) is 3.29. The van der Waals surface area contributed by atoms with E-state index in [1.54, 1.807) is 12.1 Å². The predicted molar refractivity (Wildman–Crippen MR) is 147 cm³/mol. The minimum atomic E-state index is -0.685. The van der Waals surface area contributed by atoms with Crippen molar-refractivity contribution in [1.82, 2.24) is 4.90 Å². The first kappa shape index (κ1) is 27.0. The van der Waals surface area contributed by atoms with Gasteiger partial charge in [-0.3, -0.25) is 24.1 Å². The van der Waals surface area contributed by atoms with E-state index in [1.807, 2.05) is 47.4 Å². The smallest absolute Gasteiger partial charge is 0.338 e. The van der Waals surface area contributed by atoms with Crippen LogP contribution in [0.3, 0.4) is 0 Å². The molecule has 0 aromatic heterocycles. The van der Waals surface area contributed by atoms with E-state index in [2.05, 4.69) is 0 Å². The first-order valence-electron chi connectivity index (χ1n) is 13.2. The maximum absolute atomic E-state index is 13.1. The fourth-order valence-corrected chi connectivity index (χ4v) is 5.19. The van der Waals surface area contributed by atoms with Crippen molar-refractivity contribution in [2.75, 3.05) is 24.6 Å². The number of carbonyl (C=O) groups is 5. The zero-order valence-corrected chi connectivity index (χ0v) is 21.8. The molecule has 5 rings (SSSR count). The number of esters is 1. The number of Topliss-reactive ketones (excluding diaryl/α,β-unsaturated/α-hetero) is 1. The molecule has 204 valence electrons. The Labute approximate surface area is 231 Å². The van der Waals surface area contributed by atoms with Crippen LogP contribution in [0.2, 0.25) is 0 Å². The predicted octanol–water partition coefficient (Wildman–Crippen LogP) is 3.22. The van der Waals surface area contributed by atoms with Gasteiger partial charge in [0.2, 0.25) is 11.8 Å². The Hall–Kier alpha value is -4.63. The van der Waals surface area contributed by atoms with Gasteiger partial charge in [0, 0.05) is 11.5 Å².